The second kappa shape index (κ2) is 7.61. The molecular formula is C16H35N3. The molecule has 114 valence electrons. The van der Waals surface area contributed by atoms with Crippen molar-refractivity contribution < 1.29 is 0 Å². The first-order valence-corrected chi connectivity index (χ1v) is 8.11. The Labute approximate surface area is 120 Å². The predicted octanol–water partition coefficient (Wildman–Crippen LogP) is 2.41. The van der Waals surface area contributed by atoms with Gasteiger partial charge in [-0.1, -0.05) is 34.6 Å². The fourth-order valence-electron chi connectivity index (χ4n) is 3.42. The highest BCUT2D eigenvalue weighted by Crippen LogP contribution is 2.29. The fraction of sp³-hybridized carbons (Fsp3) is 1.00. The SMILES string of the molecule is CCN(CC(C)C)C1(CN)CCN(CC(C)C)CC1. The van der Waals surface area contributed by atoms with Gasteiger partial charge < -0.3 is 10.6 Å². The van der Waals surface area contributed by atoms with Gasteiger partial charge in [0.1, 0.15) is 0 Å². The molecule has 1 rings (SSSR count). The Kier molecular flexibility index (Phi) is 6.78. The van der Waals surface area contributed by atoms with E-state index in [2.05, 4.69) is 44.4 Å². The van der Waals surface area contributed by atoms with Crippen molar-refractivity contribution in [2.24, 2.45) is 17.6 Å². The van der Waals surface area contributed by atoms with E-state index in [-0.39, 0.29) is 5.54 Å². The van der Waals surface area contributed by atoms with Crippen molar-refractivity contribution in [2.75, 3.05) is 39.3 Å². The zero-order valence-electron chi connectivity index (χ0n) is 13.8. The van der Waals surface area contributed by atoms with E-state index in [0.29, 0.717) is 0 Å². The lowest BCUT2D eigenvalue weighted by atomic mass is 9.84. The Morgan fingerprint density at radius 2 is 1.68 bits per heavy atom. The van der Waals surface area contributed by atoms with Gasteiger partial charge in [0.15, 0.2) is 0 Å². The van der Waals surface area contributed by atoms with Gasteiger partial charge in [0, 0.05) is 25.2 Å². The summed E-state index contributed by atoms with van der Waals surface area (Å²) in [5, 5.41) is 0. The highest BCUT2D eigenvalue weighted by molar-refractivity contribution is 4.96. The largest absolute Gasteiger partial charge is 0.329 e. The number of nitrogens with zero attached hydrogens (tertiary/aromatic N) is 2. The van der Waals surface area contributed by atoms with Crippen LogP contribution >= 0.6 is 0 Å². The van der Waals surface area contributed by atoms with E-state index in [1.165, 1.54) is 39.0 Å². The van der Waals surface area contributed by atoms with E-state index in [9.17, 15) is 0 Å². The molecular weight excluding hydrogens is 234 g/mol. The van der Waals surface area contributed by atoms with Crippen molar-refractivity contribution in [3.8, 4) is 0 Å². The maximum Gasteiger partial charge on any atom is 0.0356 e. The van der Waals surface area contributed by atoms with Crippen molar-refractivity contribution in [3.63, 3.8) is 0 Å². The molecule has 3 nitrogen and oxygen atoms in total. The molecule has 0 spiro atoms. The first-order chi connectivity index (χ1) is 8.93. The van der Waals surface area contributed by atoms with E-state index < -0.39 is 0 Å². The summed E-state index contributed by atoms with van der Waals surface area (Å²) in [4.78, 5) is 5.26. The molecule has 1 fully saturated rings. The molecule has 2 N–H and O–H groups in total. The van der Waals surface area contributed by atoms with Gasteiger partial charge in [0.25, 0.3) is 0 Å². The minimum Gasteiger partial charge on any atom is -0.329 e. The molecule has 19 heavy (non-hydrogen) atoms. The fourth-order valence-corrected chi connectivity index (χ4v) is 3.42. The van der Waals surface area contributed by atoms with Crippen LogP contribution in [0, 0.1) is 11.8 Å². The van der Waals surface area contributed by atoms with Crippen LogP contribution in [0.1, 0.15) is 47.5 Å². The van der Waals surface area contributed by atoms with Crippen LogP contribution in [0.25, 0.3) is 0 Å². The molecule has 1 aliphatic heterocycles. The maximum atomic E-state index is 6.18. The lowest BCUT2D eigenvalue weighted by Gasteiger charge is -2.49. The summed E-state index contributed by atoms with van der Waals surface area (Å²) in [6.45, 7) is 18.3. The molecule has 0 aromatic carbocycles. The molecule has 0 unspecified atom stereocenters. The van der Waals surface area contributed by atoms with Crippen molar-refractivity contribution in [3.05, 3.63) is 0 Å². The van der Waals surface area contributed by atoms with Gasteiger partial charge in [-0.25, -0.2) is 0 Å². The summed E-state index contributed by atoms with van der Waals surface area (Å²) >= 11 is 0. The quantitative estimate of drug-likeness (QED) is 0.770. The average Bonchev–Trinajstić information content (AvgIpc) is 2.36. The molecule has 0 radical (unpaired) electrons. The minimum absolute atomic E-state index is 0.256. The van der Waals surface area contributed by atoms with Crippen LogP contribution in [0.15, 0.2) is 0 Å². The molecule has 0 aromatic rings. The molecule has 0 aromatic heterocycles. The first kappa shape index (κ1) is 16.9. The summed E-state index contributed by atoms with van der Waals surface area (Å²) in [5.74, 6) is 1.49. The third-order valence-electron chi connectivity index (χ3n) is 4.43. The minimum atomic E-state index is 0.256. The summed E-state index contributed by atoms with van der Waals surface area (Å²) in [6.07, 6.45) is 2.47. The standard InChI is InChI=1S/C16H35N3/c1-6-19(12-15(4)5)16(13-17)7-9-18(10-8-16)11-14(2)3/h14-15H,6-13,17H2,1-5H3. The number of nitrogens with two attached hydrogens (primary N) is 1. The first-order valence-electron chi connectivity index (χ1n) is 8.11. The normalized spacial score (nSPS) is 20.7. The lowest BCUT2D eigenvalue weighted by Crippen LogP contribution is -2.60. The molecule has 3 heteroatoms. The monoisotopic (exact) mass is 269 g/mol. The lowest BCUT2D eigenvalue weighted by molar-refractivity contribution is 0.0198. The number of hydrogen-bond donors (Lipinski definition) is 1. The number of piperidine rings is 1. The van der Waals surface area contributed by atoms with Crippen LogP contribution < -0.4 is 5.73 Å². The highest BCUT2D eigenvalue weighted by atomic mass is 15.2. The average molecular weight is 269 g/mol. The summed E-state index contributed by atoms with van der Waals surface area (Å²) < 4.78 is 0. The Balaban J connectivity index is 2.62. The zero-order chi connectivity index (χ0) is 14.5. The zero-order valence-corrected chi connectivity index (χ0v) is 13.8. The van der Waals surface area contributed by atoms with Gasteiger partial charge in [0.2, 0.25) is 0 Å². The van der Waals surface area contributed by atoms with Crippen LogP contribution in [0.4, 0.5) is 0 Å². The van der Waals surface area contributed by atoms with Gasteiger partial charge in [-0.3, -0.25) is 4.90 Å². The molecule has 0 amide bonds. The van der Waals surface area contributed by atoms with Crippen LogP contribution in [0.2, 0.25) is 0 Å². The van der Waals surface area contributed by atoms with Gasteiger partial charge in [-0.2, -0.15) is 0 Å². The highest BCUT2D eigenvalue weighted by Gasteiger charge is 2.38. The summed E-state index contributed by atoms with van der Waals surface area (Å²) in [6, 6.07) is 0. The number of likely N-dealkylation sites (tertiary alicyclic amines) is 1. The number of rotatable bonds is 7. The predicted molar refractivity (Wildman–Crippen MR) is 84.4 cm³/mol. The second-order valence-corrected chi connectivity index (χ2v) is 7.06. The topological polar surface area (TPSA) is 32.5 Å². The Morgan fingerprint density at radius 1 is 1.11 bits per heavy atom. The van der Waals surface area contributed by atoms with E-state index in [4.69, 9.17) is 5.73 Å². The van der Waals surface area contributed by atoms with Gasteiger partial charge in [-0.15, -0.1) is 0 Å². The van der Waals surface area contributed by atoms with Gasteiger partial charge in [0.05, 0.1) is 0 Å². The van der Waals surface area contributed by atoms with Crippen LogP contribution in [0.5, 0.6) is 0 Å². The van der Waals surface area contributed by atoms with E-state index in [1.807, 2.05) is 0 Å². The summed E-state index contributed by atoms with van der Waals surface area (Å²) in [5.41, 5.74) is 6.43. The third kappa shape index (κ3) is 4.73. The Bertz CT molecular complexity index is 242. The number of likely N-dealkylation sites (N-methyl/N-ethyl adjacent to an activating group) is 1. The Hall–Kier alpha value is -0.120. The molecule has 1 saturated heterocycles. The molecule has 0 aliphatic carbocycles. The second-order valence-electron chi connectivity index (χ2n) is 7.06. The molecule has 1 aliphatic rings. The van der Waals surface area contributed by atoms with Gasteiger partial charge >= 0.3 is 0 Å². The molecule has 0 atom stereocenters. The molecule has 1 heterocycles. The Morgan fingerprint density at radius 3 is 2.05 bits per heavy atom. The van der Waals surface area contributed by atoms with E-state index in [0.717, 1.165) is 24.9 Å². The summed E-state index contributed by atoms with van der Waals surface area (Å²) in [7, 11) is 0. The molecule has 0 saturated carbocycles. The molecule has 0 bridgehead atoms. The van der Waals surface area contributed by atoms with Crippen LogP contribution in [-0.2, 0) is 0 Å². The number of hydrogen-bond acceptors (Lipinski definition) is 3. The smallest absolute Gasteiger partial charge is 0.0356 e. The van der Waals surface area contributed by atoms with Crippen LogP contribution in [-0.4, -0.2) is 54.6 Å². The van der Waals surface area contributed by atoms with Crippen LogP contribution in [0.3, 0.4) is 0 Å². The van der Waals surface area contributed by atoms with Crippen molar-refractivity contribution >= 4 is 0 Å². The van der Waals surface area contributed by atoms with E-state index in [1.54, 1.807) is 0 Å². The maximum absolute atomic E-state index is 6.18. The van der Waals surface area contributed by atoms with Gasteiger partial charge in [-0.05, 0) is 44.3 Å². The van der Waals surface area contributed by atoms with Crippen molar-refractivity contribution in [2.45, 2.75) is 53.0 Å². The van der Waals surface area contributed by atoms with Crippen molar-refractivity contribution in [1.82, 2.24) is 9.80 Å². The third-order valence-corrected chi connectivity index (χ3v) is 4.43. The van der Waals surface area contributed by atoms with E-state index >= 15 is 0 Å². The van der Waals surface area contributed by atoms with Crippen molar-refractivity contribution in [1.29, 1.82) is 0 Å².